The fourth-order valence-corrected chi connectivity index (χ4v) is 4.37. The number of rotatable bonds is 5. The van der Waals surface area contributed by atoms with Crippen molar-refractivity contribution in [1.82, 2.24) is 14.8 Å². The molecule has 2 heterocycles. The fourth-order valence-electron chi connectivity index (χ4n) is 4.37. The van der Waals surface area contributed by atoms with Gasteiger partial charge in [0.15, 0.2) is 0 Å². The Morgan fingerprint density at radius 2 is 2.14 bits per heavy atom. The number of nitrogens with zero attached hydrogens (tertiary/aromatic N) is 3. The van der Waals surface area contributed by atoms with E-state index < -0.39 is 0 Å². The average molecular weight is 393 g/mol. The van der Waals surface area contributed by atoms with Gasteiger partial charge in [0.25, 0.3) is 0 Å². The SMILES string of the molecule is CCc1cccc(NC(=O)N2CCC3(CC3C(=O)N(C)Cc3ccccn3)C2)c1. The zero-order chi connectivity index (χ0) is 20.4. The van der Waals surface area contributed by atoms with Crippen LogP contribution in [0.25, 0.3) is 0 Å². The molecular formula is C23H28N4O2. The predicted molar refractivity (Wildman–Crippen MR) is 112 cm³/mol. The highest BCUT2D eigenvalue weighted by atomic mass is 16.2. The summed E-state index contributed by atoms with van der Waals surface area (Å²) in [6.07, 6.45) is 4.44. The fraction of sp³-hybridized carbons (Fsp3) is 0.435. The van der Waals surface area contributed by atoms with Crippen molar-refractivity contribution >= 4 is 17.6 Å². The Morgan fingerprint density at radius 1 is 1.28 bits per heavy atom. The first-order valence-corrected chi connectivity index (χ1v) is 10.3. The van der Waals surface area contributed by atoms with Crippen molar-refractivity contribution in [3.63, 3.8) is 0 Å². The monoisotopic (exact) mass is 392 g/mol. The van der Waals surface area contributed by atoms with Gasteiger partial charge in [-0.05, 0) is 49.1 Å². The van der Waals surface area contributed by atoms with Crippen molar-refractivity contribution < 1.29 is 9.59 Å². The van der Waals surface area contributed by atoms with Crippen molar-refractivity contribution in [3.8, 4) is 0 Å². The van der Waals surface area contributed by atoms with Gasteiger partial charge in [0.05, 0.1) is 12.2 Å². The molecule has 1 aliphatic carbocycles. The molecule has 6 heteroatoms. The van der Waals surface area contributed by atoms with Crippen LogP contribution in [-0.2, 0) is 17.8 Å². The molecule has 1 spiro atoms. The lowest BCUT2D eigenvalue weighted by Crippen LogP contribution is -2.34. The summed E-state index contributed by atoms with van der Waals surface area (Å²) in [6, 6.07) is 13.6. The number of benzene rings is 1. The van der Waals surface area contributed by atoms with Crippen LogP contribution in [0.5, 0.6) is 0 Å². The van der Waals surface area contributed by atoms with Crippen molar-refractivity contribution in [1.29, 1.82) is 0 Å². The van der Waals surface area contributed by atoms with Gasteiger partial charge in [-0.2, -0.15) is 0 Å². The Labute approximate surface area is 171 Å². The molecule has 2 fully saturated rings. The van der Waals surface area contributed by atoms with Gasteiger partial charge in [-0.3, -0.25) is 9.78 Å². The number of carbonyl (C=O) groups is 2. The first kappa shape index (κ1) is 19.4. The molecule has 152 valence electrons. The van der Waals surface area contributed by atoms with E-state index in [0.29, 0.717) is 19.6 Å². The van der Waals surface area contributed by atoms with Gasteiger partial charge in [0, 0.05) is 43.4 Å². The minimum absolute atomic E-state index is 0.0115. The lowest BCUT2D eigenvalue weighted by atomic mass is 10.0. The highest BCUT2D eigenvalue weighted by Crippen LogP contribution is 2.59. The van der Waals surface area contributed by atoms with Crippen molar-refractivity contribution in [2.24, 2.45) is 11.3 Å². The number of urea groups is 1. The lowest BCUT2D eigenvalue weighted by molar-refractivity contribution is -0.132. The summed E-state index contributed by atoms with van der Waals surface area (Å²) < 4.78 is 0. The van der Waals surface area contributed by atoms with E-state index in [0.717, 1.165) is 30.6 Å². The number of anilines is 1. The van der Waals surface area contributed by atoms with E-state index in [1.807, 2.05) is 48.3 Å². The predicted octanol–water partition coefficient (Wildman–Crippen LogP) is 3.55. The van der Waals surface area contributed by atoms with Crippen LogP contribution < -0.4 is 5.32 Å². The minimum Gasteiger partial charge on any atom is -0.340 e. The number of hydrogen-bond donors (Lipinski definition) is 1. The molecule has 1 aromatic carbocycles. The first-order chi connectivity index (χ1) is 14.0. The molecular weight excluding hydrogens is 364 g/mol. The number of hydrogen-bond acceptors (Lipinski definition) is 3. The molecule has 1 saturated carbocycles. The summed E-state index contributed by atoms with van der Waals surface area (Å²) in [5.41, 5.74) is 2.87. The zero-order valence-electron chi connectivity index (χ0n) is 17.1. The molecule has 3 amide bonds. The molecule has 1 aromatic heterocycles. The van der Waals surface area contributed by atoms with E-state index in [4.69, 9.17) is 0 Å². The number of aryl methyl sites for hydroxylation is 1. The third-order valence-electron chi connectivity index (χ3n) is 6.25. The van der Waals surface area contributed by atoms with Crippen LogP contribution in [0.4, 0.5) is 10.5 Å². The van der Waals surface area contributed by atoms with Crippen LogP contribution in [-0.4, -0.2) is 46.9 Å². The molecule has 1 saturated heterocycles. The van der Waals surface area contributed by atoms with Gasteiger partial charge in [0.1, 0.15) is 0 Å². The molecule has 1 aliphatic heterocycles. The van der Waals surface area contributed by atoms with Crippen molar-refractivity contribution in [2.75, 3.05) is 25.5 Å². The number of likely N-dealkylation sites (tertiary alicyclic amines) is 1. The van der Waals surface area contributed by atoms with E-state index in [-0.39, 0.29) is 23.3 Å². The zero-order valence-corrected chi connectivity index (χ0v) is 17.1. The maximum atomic E-state index is 12.9. The van der Waals surface area contributed by atoms with Gasteiger partial charge in [-0.1, -0.05) is 25.1 Å². The second-order valence-corrected chi connectivity index (χ2v) is 8.29. The number of nitrogens with one attached hydrogen (secondary N) is 1. The topological polar surface area (TPSA) is 65.5 Å². The Kier molecular flexibility index (Phi) is 5.26. The maximum Gasteiger partial charge on any atom is 0.321 e. The first-order valence-electron chi connectivity index (χ1n) is 10.3. The van der Waals surface area contributed by atoms with Gasteiger partial charge in [-0.25, -0.2) is 4.79 Å². The van der Waals surface area contributed by atoms with Crippen LogP contribution in [0.3, 0.4) is 0 Å². The summed E-state index contributed by atoms with van der Waals surface area (Å²) in [6.45, 7) is 3.97. The van der Waals surface area contributed by atoms with Crippen LogP contribution in [0.1, 0.15) is 31.0 Å². The second kappa shape index (κ2) is 7.85. The quantitative estimate of drug-likeness (QED) is 0.846. The van der Waals surface area contributed by atoms with Crippen LogP contribution >= 0.6 is 0 Å². The van der Waals surface area contributed by atoms with Crippen LogP contribution in [0.2, 0.25) is 0 Å². The highest BCUT2D eigenvalue weighted by molar-refractivity contribution is 5.90. The summed E-state index contributed by atoms with van der Waals surface area (Å²) in [5.74, 6) is 0.172. The smallest absolute Gasteiger partial charge is 0.321 e. The van der Waals surface area contributed by atoms with E-state index in [2.05, 4.69) is 23.3 Å². The third kappa shape index (κ3) is 4.11. The minimum atomic E-state index is -0.0740. The number of amides is 3. The largest absolute Gasteiger partial charge is 0.340 e. The van der Waals surface area contributed by atoms with E-state index >= 15 is 0 Å². The number of carbonyl (C=O) groups excluding carboxylic acids is 2. The maximum absolute atomic E-state index is 12.9. The molecule has 2 atom stereocenters. The Hall–Kier alpha value is -2.89. The lowest BCUT2D eigenvalue weighted by Gasteiger charge is -2.20. The molecule has 2 aliphatic rings. The molecule has 0 radical (unpaired) electrons. The van der Waals surface area contributed by atoms with Gasteiger partial charge in [-0.15, -0.1) is 0 Å². The van der Waals surface area contributed by atoms with Gasteiger partial charge >= 0.3 is 6.03 Å². The normalized spacial score (nSPS) is 22.6. The summed E-state index contributed by atoms with van der Waals surface area (Å²) in [4.78, 5) is 33.5. The summed E-state index contributed by atoms with van der Waals surface area (Å²) in [7, 11) is 1.84. The van der Waals surface area contributed by atoms with E-state index in [1.54, 1.807) is 11.1 Å². The molecule has 2 aromatic rings. The number of aromatic nitrogens is 1. The molecule has 29 heavy (non-hydrogen) atoms. The van der Waals surface area contributed by atoms with Crippen LogP contribution in [0, 0.1) is 11.3 Å². The Morgan fingerprint density at radius 3 is 2.90 bits per heavy atom. The van der Waals surface area contributed by atoms with E-state index in [9.17, 15) is 9.59 Å². The molecule has 4 rings (SSSR count). The molecule has 2 unspecified atom stereocenters. The van der Waals surface area contributed by atoms with Crippen molar-refractivity contribution in [2.45, 2.75) is 32.7 Å². The Bertz CT molecular complexity index is 901. The van der Waals surface area contributed by atoms with E-state index in [1.165, 1.54) is 5.56 Å². The van der Waals surface area contributed by atoms with Crippen molar-refractivity contribution in [3.05, 3.63) is 59.9 Å². The standard InChI is InChI=1S/C23H28N4O2/c1-3-17-7-6-9-18(13-17)25-22(29)27-12-10-23(16-27)14-20(23)21(28)26(2)15-19-8-4-5-11-24-19/h4-9,11,13,20H,3,10,12,14-16H2,1-2H3,(H,25,29). The highest BCUT2D eigenvalue weighted by Gasteiger charge is 2.61. The molecule has 6 nitrogen and oxygen atoms in total. The average Bonchev–Trinajstić information content (AvgIpc) is 3.26. The summed E-state index contributed by atoms with van der Waals surface area (Å²) >= 11 is 0. The van der Waals surface area contributed by atoms with Gasteiger partial charge in [0.2, 0.25) is 5.91 Å². The number of pyridine rings is 1. The third-order valence-corrected chi connectivity index (χ3v) is 6.25. The van der Waals surface area contributed by atoms with Gasteiger partial charge < -0.3 is 15.1 Å². The molecule has 1 N–H and O–H groups in total. The Balaban J connectivity index is 1.32. The second-order valence-electron chi connectivity index (χ2n) is 8.29. The van der Waals surface area contributed by atoms with Crippen LogP contribution in [0.15, 0.2) is 48.7 Å². The summed E-state index contributed by atoms with van der Waals surface area (Å²) in [5, 5.41) is 3.01. The molecule has 0 bridgehead atoms.